The monoisotopic (exact) mass is 257 g/mol. The Morgan fingerprint density at radius 2 is 2.36 bits per heavy atom. The van der Waals surface area contributed by atoms with Crippen molar-refractivity contribution in [2.75, 3.05) is 7.11 Å². The van der Waals surface area contributed by atoms with Crippen LogP contribution in [0.3, 0.4) is 0 Å². The van der Waals surface area contributed by atoms with Gasteiger partial charge in [0.05, 0.1) is 13.3 Å². The van der Waals surface area contributed by atoms with E-state index in [9.17, 15) is 8.42 Å². The molecule has 0 aliphatic rings. The first kappa shape index (κ1) is 9.11. The lowest BCUT2D eigenvalue weighted by Crippen LogP contribution is -1.99. The second-order valence-electron chi connectivity index (χ2n) is 1.55. The molecule has 1 aromatic rings. The van der Waals surface area contributed by atoms with Gasteiger partial charge in [0.1, 0.15) is 0 Å². The summed E-state index contributed by atoms with van der Waals surface area (Å²) in [7, 11) is -2.44. The number of hydrogen-bond donors (Lipinski definition) is 0. The van der Waals surface area contributed by atoms with Crippen molar-refractivity contribution in [3.8, 4) is 0 Å². The van der Waals surface area contributed by atoms with Crippen LogP contribution in [-0.4, -0.2) is 20.5 Å². The van der Waals surface area contributed by atoms with Crippen molar-refractivity contribution in [3.05, 3.63) is 10.1 Å². The summed E-state index contributed by atoms with van der Waals surface area (Å²) in [6.07, 6.45) is 1.24. The van der Waals surface area contributed by atoms with Gasteiger partial charge in [-0.25, -0.2) is 4.98 Å². The standard InChI is InChI=1S/C4H4BrNO3S2/c1-9-11(7,8)3-2-6-4(5)10-3/h2H,1H3. The first-order valence-corrected chi connectivity index (χ1v) is 5.50. The van der Waals surface area contributed by atoms with Crippen LogP contribution in [-0.2, 0) is 14.3 Å². The van der Waals surface area contributed by atoms with Crippen LogP contribution in [0.4, 0.5) is 0 Å². The fraction of sp³-hybridized carbons (Fsp3) is 0.250. The Bertz CT molecular complexity index is 344. The summed E-state index contributed by atoms with van der Waals surface area (Å²) in [5, 5.41) is 0. The van der Waals surface area contributed by atoms with Gasteiger partial charge < -0.3 is 0 Å². The SMILES string of the molecule is COS(=O)(=O)c1cnc(Br)s1. The number of thiazole rings is 1. The zero-order chi connectivity index (χ0) is 8.48. The number of nitrogens with zero attached hydrogens (tertiary/aromatic N) is 1. The average Bonchev–Trinajstić information content (AvgIpc) is 2.36. The smallest absolute Gasteiger partial charge is 0.269 e. The Hall–Kier alpha value is 0.0200. The lowest BCUT2D eigenvalue weighted by molar-refractivity contribution is 0.399. The first-order valence-electron chi connectivity index (χ1n) is 2.48. The third-order valence-electron chi connectivity index (χ3n) is 0.922. The highest BCUT2D eigenvalue weighted by Crippen LogP contribution is 2.23. The van der Waals surface area contributed by atoms with Gasteiger partial charge in [-0.2, -0.15) is 8.42 Å². The summed E-state index contributed by atoms with van der Waals surface area (Å²) in [5.74, 6) is 0. The van der Waals surface area contributed by atoms with Gasteiger partial charge in [0.15, 0.2) is 8.13 Å². The number of halogens is 1. The van der Waals surface area contributed by atoms with E-state index in [0.717, 1.165) is 18.4 Å². The van der Waals surface area contributed by atoms with Crippen molar-refractivity contribution < 1.29 is 12.6 Å². The van der Waals surface area contributed by atoms with Crippen molar-refractivity contribution in [1.29, 1.82) is 0 Å². The Labute approximate surface area is 76.5 Å². The molecule has 0 N–H and O–H groups in total. The molecular weight excluding hydrogens is 254 g/mol. The normalized spacial score (nSPS) is 11.8. The Kier molecular flexibility index (Phi) is 2.63. The second kappa shape index (κ2) is 3.18. The number of rotatable bonds is 2. The molecule has 0 radical (unpaired) electrons. The maximum Gasteiger partial charge on any atom is 0.307 e. The van der Waals surface area contributed by atoms with Gasteiger partial charge in [0, 0.05) is 0 Å². The average molecular weight is 258 g/mol. The minimum Gasteiger partial charge on any atom is -0.269 e. The van der Waals surface area contributed by atoms with Gasteiger partial charge in [-0.1, -0.05) is 11.3 Å². The van der Waals surface area contributed by atoms with Gasteiger partial charge in [-0.15, -0.1) is 0 Å². The molecule has 1 aromatic heterocycles. The second-order valence-corrected chi connectivity index (χ2v) is 5.80. The predicted molar refractivity (Wildman–Crippen MR) is 44.0 cm³/mol. The number of aromatic nitrogens is 1. The van der Waals surface area contributed by atoms with E-state index in [1.54, 1.807) is 0 Å². The lowest BCUT2D eigenvalue weighted by Gasteiger charge is -1.92. The highest BCUT2D eigenvalue weighted by Gasteiger charge is 2.15. The fourth-order valence-electron chi connectivity index (χ4n) is 0.437. The maximum atomic E-state index is 10.9. The summed E-state index contributed by atoms with van der Waals surface area (Å²) >= 11 is 4.05. The highest BCUT2D eigenvalue weighted by molar-refractivity contribution is 9.11. The molecule has 62 valence electrons. The quantitative estimate of drug-likeness (QED) is 0.749. The number of hydrogen-bond acceptors (Lipinski definition) is 5. The highest BCUT2D eigenvalue weighted by atomic mass is 79.9. The van der Waals surface area contributed by atoms with Crippen LogP contribution >= 0.6 is 27.3 Å². The molecule has 0 atom stereocenters. The van der Waals surface area contributed by atoms with E-state index < -0.39 is 10.1 Å². The van der Waals surface area contributed by atoms with Gasteiger partial charge in [0.25, 0.3) is 0 Å². The summed E-state index contributed by atoms with van der Waals surface area (Å²) in [6.45, 7) is 0. The van der Waals surface area contributed by atoms with Gasteiger partial charge in [-0.3, -0.25) is 4.18 Å². The van der Waals surface area contributed by atoms with Gasteiger partial charge >= 0.3 is 10.1 Å². The third kappa shape index (κ3) is 1.98. The predicted octanol–water partition coefficient (Wildman–Crippen LogP) is 1.24. The topological polar surface area (TPSA) is 56.3 Å². The van der Waals surface area contributed by atoms with E-state index in [0.29, 0.717) is 3.92 Å². The maximum absolute atomic E-state index is 10.9. The van der Waals surface area contributed by atoms with Crippen LogP contribution in [0.2, 0.25) is 0 Å². The van der Waals surface area contributed by atoms with Crippen LogP contribution in [0.1, 0.15) is 0 Å². The van der Waals surface area contributed by atoms with Crippen LogP contribution < -0.4 is 0 Å². The molecule has 0 saturated carbocycles. The molecule has 0 fully saturated rings. The van der Waals surface area contributed by atoms with E-state index in [2.05, 4.69) is 25.1 Å². The molecule has 0 aliphatic heterocycles. The molecule has 0 bridgehead atoms. The molecule has 0 aromatic carbocycles. The van der Waals surface area contributed by atoms with Crippen molar-refractivity contribution in [2.45, 2.75) is 4.21 Å². The lowest BCUT2D eigenvalue weighted by atomic mass is 11.0. The Balaban J connectivity index is 3.13. The van der Waals surface area contributed by atoms with Crippen molar-refractivity contribution in [2.24, 2.45) is 0 Å². The van der Waals surface area contributed by atoms with E-state index >= 15 is 0 Å². The van der Waals surface area contributed by atoms with Crippen LogP contribution in [0.5, 0.6) is 0 Å². The minimum atomic E-state index is -3.55. The van der Waals surface area contributed by atoms with Gasteiger partial charge in [0.2, 0.25) is 0 Å². The largest absolute Gasteiger partial charge is 0.307 e. The molecule has 1 rings (SSSR count). The van der Waals surface area contributed by atoms with Crippen molar-refractivity contribution in [3.63, 3.8) is 0 Å². The molecule has 0 saturated heterocycles. The van der Waals surface area contributed by atoms with Crippen LogP contribution in [0.15, 0.2) is 14.3 Å². The van der Waals surface area contributed by atoms with E-state index in [-0.39, 0.29) is 4.21 Å². The summed E-state index contributed by atoms with van der Waals surface area (Å²) in [4.78, 5) is 3.71. The fourth-order valence-corrected chi connectivity index (χ4v) is 2.96. The van der Waals surface area contributed by atoms with Crippen LogP contribution in [0, 0.1) is 0 Å². The Morgan fingerprint density at radius 1 is 1.73 bits per heavy atom. The zero-order valence-corrected chi connectivity index (χ0v) is 8.66. The minimum absolute atomic E-state index is 0.104. The molecule has 7 heteroatoms. The summed E-state index contributed by atoms with van der Waals surface area (Å²) in [5.41, 5.74) is 0. The molecule has 0 aliphatic carbocycles. The Morgan fingerprint density at radius 3 is 2.73 bits per heavy atom. The summed E-state index contributed by atoms with van der Waals surface area (Å²) < 4.78 is 26.8. The van der Waals surface area contributed by atoms with E-state index in [4.69, 9.17) is 0 Å². The summed E-state index contributed by atoms with van der Waals surface area (Å²) in [6, 6.07) is 0. The van der Waals surface area contributed by atoms with Crippen LogP contribution in [0.25, 0.3) is 0 Å². The molecule has 0 spiro atoms. The van der Waals surface area contributed by atoms with Crippen molar-refractivity contribution in [1.82, 2.24) is 4.98 Å². The molecule has 1 heterocycles. The molecular formula is C4H4BrNO3S2. The molecule has 11 heavy (non-hydrogen) atoms. The molecule has 0 unspecified atom stereocenters. The zero-order valence-electron chi connectivity index (χ0n) is 5.44. The van der Waals surface area contributed by atoms with Gasteiger partial charge in [-0.05, 0) is 15.9 Å². The third-order valence-corrected chi connectivity index (χ3v) is 4.09. The molecule has 4 nitrogen and oxygen atoms in total. The molecule has 0 amide bonds. The first-order chi connectivity index (χ1) is 5.06. The van der Waals surface area contributed by atoms with E-state index in [1.807, 2.05) is 0 Å². The van der Waals surface area contributed by atoms with Crippen molar-refractivity contribution >= 4 is 37.4 Å². The van der Waals surface area contributed by atoms with E-state index in [1.165, 1.54) is 6.20 Å².